The van der Waals surface area contributed by atoms with Gasteiger partial charge in [-0.1, -0.05) is 79.8 Å². The maximum atomic E-state index is 11.9. The molecule has 0 aliphatic carbocycles. The number of rotatable bonds is 20. The number of phenols is 1. The van der Waals surface area contributed by atoms with Crippen LogP contribution in [0.5, 0.6) is 5.75 Å². The Kier molecular flexibility index (Phi) is 19.7. The number of carbonyl (C=O) groups is 2. The third-order valence-corrected chi connectivity index (χ3v) is 5.09. The molecule has 2 N–H and O–H groups in total. The number of carbonyl (C=O) groups excluding carboxylic acids is 2. The first kappa shape index (κ1) is 31.6. The van der Waals surface area contributed by atoms with Gasteiger partial charge in [-0.3, -0.25) is 4.79 Å². The summed E-state index contributed by atoms with van der Waals surface area (Å²) in [7, 11) is 0. The van der Waals surface area contributed by atoms with Crippen LogP contribution in [0.15, 0.2) is 85.0 Å². The Morgan fingerprint density at radius 3 is 2.03 bits per heavy atom. The zero-order valence-electron chi connectivity index (χ0n) is 22.1. The van der Waals surface area contributed by atoms with Crippen LogP contribution in [0.2, 0.25) is 0 Å². The first-order valence-electron chi connectivity index (χ1n) is 13.2. The summed E-state index contributed by atoms with van der Waals surface area (Å²) in [5.74, 6) is -0.973. The van der Waals surface area contributed by atoms with Crippen LogP contribution in [-0.2, 0) is 14.3 Å². The van der Waals surface area contributed by atoms with E-state index in [0.717, 1.165) is 51.4 Å². The van der Waals surface area contributed by atoms with Gasteiger partial charge in [0.05, 0.1) is 12.1 Å². The zero-order valence-corrected chi connectivity index (χ0v) is 22.1. The average Bonchev–Trinajstić information content (AvgIpc) is 2.90. The summed E-state index contributed by atoms with van der Waals surface area (Å²) in [6.07, 6.45) is 29.7. The topological polar surface area (TPSA) is 84.9 Å². The van der Waals surface area contributed by atoms with Gasteiger partial charge in [0.2, 0.25) is 0 Å². The van der Waals surface area contributed by atoms with E-state index in [0.29, 0.717) is 6.61 Å². The zero-order chi connectivity index (χ0) is 26.8. The van der Waals surface area contributed by atoms with Crippen LogP contribution in [0.1, 0.15) is 68.6 Å². The number of benzene rings is 1. The first-order chi connectivity index (χ1) is 18.1. The van der Waals surface area contributed by atoms with Crippen molar-refractivity contribution in [1.82, 2.24) is 5.32 Å². The third kappa shape index (κ3) is 18.5. The summed E-state index contributed by atoms with van der Waals surface area (Å²) < 4.78 is 10.4. The number of amides is 1. The van der Waals surface area contributed by atoms with Crippen LogP contribution in [0, 0.1) is 0 Å². The largest absolute Gasteiger partial charge is 0.507 e. The van der Waals surface area contributed by atoms with Crippen LogP contribution in [0.4, 0.5) is 0 Å². The molecule has 0 atom stereocenters. The lowest BCUT2D eigenvalue weighted by atomic mass is 10.2. The predicted octanol–water partition coefficient (Wildman–Crippen LogP) is 6.60. The van der Waals surface area contributed by atoms with Gasteiger partial charge in [-0.15, -0.1) is 0 Å². The normalized spacial score (nSPS) is 12.0. The molecule has 0 radical (unpaired) electrons. The fourth-order valence-corrected chi connectivity index (χ4v) is 3.12. The number of aromatic hydroxyl groups is 1. The number of phenolic OH excluding ortho intramolecular Hbond substituents is 1. The Labute approximate surface area is 222 Å². The summed E-state index contributed by atoms with van der Waals surface area (Å²) in [6.45, 7) is 2.75. The Bertz CT molecular complexity index is 899. The molecule has 0 aliphatic rings. The summed E-state index contributed by atoms with van der Waals surface area (Å²) in [5, 5.41) is 12.2. The molecule has 0 saturated carbocycles. The maximum Gasteiger partial charge on any atom is 0.332 e. The van der Waals surface area contributed by atoms with E-state index in [1.165, 1.54) is 12.1 Å². The molecule has 1 rings (SSSR count). The Hall–Kier alpha value is -3.38. The van der Waals surface area contributed by atoms with Crippen LogP contribution < -0.4 is 5.32 Å². The predicted molar refractivity (Wildman–Crippen MR) is 151 cm³/mol. The monoisotopic (exact) mass is 509 g/mol. The fraction of sp³-hybridized carbons (Fsp3) is 0.419. The number of esters is 1. The van der Waals surface area contributed by atoms with Crippen molar-refractivity contribution in [1.29, 1.82) is 0 Å². The number of hydrogen-bond donors (Lipinski definition) is 2. The highest BCUT2D eigenvalue weighted by Crippen LogP contribution is 2.14. The SMILES string of the molecule is CC/C=C\C/C=C\C/C=C\C/C=C\C/C=C\CCCCOCC(=O)OCCNC(=O)c1ccccc1O. The van der Waals surface area contributed by atoms with Gasteiger partial charge in [-0.25, -0.2) is 4.79 Å². The van der Waals surface area contributed by atoms with Crippen molar-refractivity contribution in [2.24, 2.45) is 0 Å². The number of nitrogens with one attached hydrogen (secondary N) is 1. The highest BCUT2D eigenvalue weighted by Gasteiger charge is 2.09. The lowest BCUT2D eigenvalue weighted by Gasteiger charge is -2.08. The Balaban J connectivity index is 1.91. The highest BCUT2D eigenvalue weighted by atomic mass is 16.6. The molecular formula is C31H43NO5. The molecule has 0 spiro atoms. The van der Waals surface area contributed by atoms with Crippen molar-refractivity contribution < 1.29 is 24.2 Å². The van der Waals surface area contributed by atoms with Gasteiger partial charge in [0.1, 0.15) is 19.0 Å². The van der Waals surface area contributed by atoms with Crippen LogP contribution in [-0.4, -0.2) is 43.3 Å². The van der Waals surface area contributed by atoms with Crippen LogP contribution in [0.25, 0.3) is 0 Å². The smallest absolute Gasteiger partial charge is 0.332 e. The second kappa shape index (κ2) is 23.0. The molecule has 1 aromatic carbocycles. The summed E-state index contributed by atoms with van der Waals surface area (Å²) >= 11 is 0. The van der Waals surface area contributed by atoms with Crippen molar-refractivity contribution in [3.8, 4) is 5.75 Å². The van der Waals surface area contributed by atoms with E-state index in [4.69, 9.17) is 9.47 Å². The lowest BCUT2D eigenvalue weighted by Crippen LogP contribution is -2.28. The molecule has 1 amide bonds. The molecule has 0 bridgehead atoms. The standard InChI is InChI=1S/C31H43NO5/c1-2-3-4-5-6-7-8-9-10-11-12-13-14-15-16-17-18-21-25-36-27-30(34)37-26-24-32-31(35)28-22-19-20-23-29(28)33/h3-4,6-7,9-10,12-13,15-16,19-20,22-23,33H,2,5,8,11,14,17-18,21,24-27H2,1H3,(H,32,35)/b4-3-,7-6-,10-9-,13-12-,16-15-. The minimum absolute atomic E-state index is 0.0472. The summed E-state index contributed by atoms with van der Waals surface area (Å²) in [6, 6.07) is 6.26. The van der Waals surface area contributed by atoms with Gasteiger partial charge >= 0.3 is 5.97 Å². The second-order valence-electron chi connectivity index (χ2n) is 8.25. The second-order valence-corrected chi connectivity index (χ2v) is 8.25. The Morgan fingerprint density at radius 1 is 0.811 bits per heavy atom. The van der Waals surface area contributed by atoms with Crippen molar-refractivity contribution in [2.45, 2.75) is 58.3 Å². The van der Waals surface area contributed by atoms with E-state index < -0.39 is 11.9 Å². The van der Waals surface area contributed by atoms with E-state index in [-0.39, 0.29) is 31.1 Å². The molecule has 0 aromatic heterocycles. The van der Waals surface area contributed by atoms with Gasteiger partial charge in [0.15, 0.2) is 0 Å². The average molecular weight is 510 g/mol. The molecule has 1 aromatic rings. The lowest BCUT2D eigenvalue weighted by molar-refractivity contribution is -0.148. The molecule has 0 unspecified atom stereocenters. The molecule has 0 aliphatic heterocycles. The van der Waals surface area contributed by atoms with Gasteiger partial charge < -0.3 is 19.9 Å². The molecule has 0 heterocycles. The quantitative estimate of drug-likeness (QED) is 0.117. The van der Waals surface area contributed by atoms with Gasteiger partial charge in [-0.05, 0) is 63.5 Å². The molecule has 37 heavy (non-hydrogen) atoms. The van der Waals surface area contributed by atoms with Crippen LogP contribution >= 0.6 is 0 Å². The van der Waals surface area contributed by atoms with Gasteiger partial charge in [0, 0.05) is 6.61 Å². The third-order valence-electron chi connectivity index (χ3n) is 5.09. The van der Waals surface area contributed by atoms with Crippen molar-refractivity contribution >= 4 is 11.9 Å². The highest BCUT2D eigenvalue weighted by molar-refractivity contribution is 5.96. The van der Waals surface area contributed by atoms with E-state index in [9.17, 15) is 14.7 Å². The van der Waals surface area contributed by atoms with Gasteiger partial charge in [0.25, 0.3) is 5.91 Å². The Morgan fingerprint density at radius 2 is 1.41 bits per heavy atom. The minimum Gasteiger partial charge on any atom is -0.507 e. The molecule has 0 saturated heterocycles. The van der Waals surface area contributed by atoms with E-state index in [1.54, 1.807) is 12.1 Å². The number of para-hydroxylation sites is 1. The summed E-state index contributed by atoms with van der Waals surface area (Å²) in [5.41, 5.74) is 0.182. The van der Waals surface area contributed by atoms with Crippen molar-refractivity contribution in [2.75, 3.05) is 26.4 Å². The fourth-order valence-electron chi connectivity index (χ4n) is 3.12. The molecule has 0 fully saturated rings. The first-order valence-corrected chi connectivity index (χ1v) is 13.2. The number of unbranched alkanes of at least 4 members (excludes halogenated alkanes) is 2. The van der Waals surface area contributed by atoms with E-state index in [2.05, 4.69) is 73.0 Å². The van der Waals surface area contributed by atoms with Crippen molar-refractivity contribution in [3.05, 3.63) is 90.6 Å². The number of allylic oxidation sites excluding steroid dienone is 10. The van der Waals surface area contributed by atoms with E-state index >= 15 is 0 Å². The maximum absolute atomic E-state index is 11.9. The molecular weight excluding hydrogens is 466 g/mol. The number of ether oxygens (including phenoxy) is 2. The van der Waals surface area contributed by atoms with Crippen LogP contribution in [0.3, 0.4) is 0 Å². The summed E-state index contributed by atoms with van der Waals surface area (Å²) in [4.78, 5) is 23.6. The molecule has 202 valence electrons. The number of hydrogen-bond acceptors (Lipinski definition) is 5. The molecule has 6 heteroatoms. The van der Waals surface area contributed by atoms with Crippen molar-refractivity contribution in [3.63, 3.8) is 0 Å². The minimum atomic E-state index is -0.463. The van der Waals surface area contributed by atoms with E-state index in [1.807, 2.05) is 0 Å². The molecule has 6 nitrogen and oxygen atoms in total. The van der Waals surface area contributed by atoms with Gasteiger partial charge in [-0.2, -0.15) is 0 Å².